The third-order valence-electron chi connectivity index (χ3n) is 3.49. The van der Waals surface area contributed by atoms with Crippen molar-refractivity contribution in [1.29, 1.82) is 0 Å². The maximum absolute atomic E-state index is 12.5. The monoisotopic (exact) mass is 349 g/mol. The first-order valence-corrected chi connectivity index (χ1v) is 7.66. The SMILES string of the molecule is CC(NCC1CN(C(=O)OC(C)(C)C)C1)c1nc(C(F)(F)F)n[nH]1. The van der Waals surface area contributed by atoms with Crippen molar-refractivity contribution in [3.8, 4) is 0 Å². The summed E-state index contributed by atoms with van der Waals surface area (Å²) in [4.78, 5) is 16.8. The summed E-state index contributed by atoms with van der Waals surface area (Å²) in [6, 6.07) is -0.399. The first-order chi connectivity index (χ1) is 11.0. The van der Waals surface area contributed by atoms with Crippen molar-refractivity contribution >= 4 is 6.09 Å². The molecule has 0 saturated carbocycles. The number of hydrogen-bond donors (Lipinski definition) is 2. The highest BCUT2D eigenvalue weighted by Gasteiger charge is 2.37. The Morgan fingerprint density at radius 3 is 2.54 bits per heavy atom. The molecular formula is C14H22F3N5O2. The smallest absolute Gasteiger partial charge is 0.444 e. The van der Waals surface area contributed by atoms with E-state index >= 15 is 0 Å². The Morgan fingerprint density at radius 1 is 1.42 bits per heavy atom. The molecule has 1 fully saturated rings. The van der Waals surface area contributed by atoms with Crippen LogP contribution >= 0.6 is 0 Å². The minimum atomic E-state index is -4.56. The number of alkyl halides is 3. The van der Waals surface area contributed by atoms with Crippen molar-refractivity contribution in [2.24, 2.45) is 5.92 Å². The lowest BCUT2D eigenvalue weighted by Gasteiger charge is -2.40. The summed E-state index contributed by atoms with van der Waals surface area (Å²) in [6.45, 7) is 8.78. The lowest BCUT2D eigenvalue weighted by Crippen LogP contribution is -2.54. The molecule has 2 heterocycles. The van der Waals surface area contributed by atoms with Gasteiger partial charge in [0.15, 0.2) is 0 Å². The molecule has 1 aromatic heterocycles. The van der Waals surface area contributed by atoms with Gasteiger partial charge in [0.2, 0.25) is 0 Å². The minimum Gasteiger partial charge on any atom is -0.444 e. The number of amides is 1. The first kappa shape index (κ1) is 18.5. The fourth-order valence-electron chi connectivity index (χ4n) is 2.21. The highest BCUT2D eigenvalue weighted by Crippen LogP contribution is 2.26. The van der Waals surface area contributed by atoms with Crippen LogP contribution in [0.2, 0.25) is 0 Å². The number of carbonyl (C=O) groups excluding carboxylic acids is 1. The zero-order valence-corrected chi connectivity index (χ0v) is 14.1. The molecular weight excluding hydrogens is 327 g/mol. The lowest BCUT2D eigenvalue weighted by molar-refractivity contribution is -0.144. The molecule has 0 aliphatic carbocycles. The van der Waals surface area contributed by atoms with E-state index < -0.39 is 23.6 Å². The molecule has 1 amide bonds. The van der Waals surface area contributed by atoms with Crippen LogP contribution in [0, 0.1) is 5.92 Å². The van der Waals surface area contributed by atoms with Crippen LogP contribution in [0.5, 0.6) is 0 Å². The van der Waals surface area contributed by atoms with Crippen LogP contribution in [-0.2, 0) is 10.9 Å². The predicted molar refractivity (Wildman–Crippen MR) is 79.1 cm³/mol. The van der Waals surface area contributed by atoms with Crippen LogP contribution in [0.1, 0.15) is 45.4 Å². The van der Waals surface area contributed by atoms with Gasteiger partial charge in [-0.3, -0.25) is 5.10 Å². The molecule has 0 bridgehead atoms. The fourth-order valence-corrected chi connectivity index (χ4v) is 2.21. The molecule has 24 heavy (non-hydrogen) atoms. The summed E-state index contributed by atoms with van der Waals surface area (Å²) in [6.07, 6.45) is -4.91. The van der Waals surface area contributed by atoms with Crippen molar-refractivity contribution in [3.63, 3.8) is 0 Å². The molecule has 0 aromatic carbocycles. The van der Waals surface area contributed by atoms with Gasteiger partial charge in [-0.25, -0.2) is 9.78 Å². The van der Waals surface area contributed by atoms with Gasteiger partial charge >= 0.3 is 12.3 Å². The number of ether oxygens (including phenoxy) is 1. The number of rotatable bonds is 4. The van der Waals surface area contributed by atoms with E-state index in [-0.39, 0.29) is 17.8 Å². The summed E-state index contributed by atoms with van der Waals surface area (Å²) >= 11 is 0. The number of H-pyrrole nitrogens is 1. The van der Waals surface area contributed by atoms with Crippen LogP contribution < -0.4 is 5.32 Å². The third kappa shape index (κ3) is 4.83. The highest BCUT2D eigenvalue weighted by atomic mass is 19.4. The van der Waals surface area contributed by atoms with E-state index in [4.69, 9.17) is 4.74 Å². The average molecular weight is 349 g/mol. The van der Waals surface area contributed by atoms with Crippen molar-refractivity contribution in [2.75, 3.05) is 19.6 Å². The van der Waals surface area contributed by atoms with Crippen molar-refractivity contribution < 1.29 is 22.7 Å². The lowest BCUT2D eigenvalue weighted by atomic mass is 10.0. The molecule has 1 aromatic rings. The summed E-state index contributed by atoms with van der Waals surface area (Å²) in [7, 11) is 0. The molecule has 1 saturated heterocycles. The van der Waals surface area contributed by atoms with E-state index in [9.17, 15) is 18.0 Å². The number of nitrogens with zero attached hydrogens (tertiary/aromatic N) is 3. The zero-order valence-electron chi connectivity index (χ0n) is 14.1. The average Bonchev–Trinajstić information content (AvgIpc) is 2.83. The molecule has 136 valence electrons. The summed E-state index contributed by atoms with van der Waals surface area (Å²) < 4.78 is 42.6. The Kier molecular flexibility index (Phi) is 5.07. The minimum absolute atomic E-state index is 0.130. The number of nitrogens with one attached hydrogen (secondary N) is 2. The van der Waals surface area contributed by atoms with Gasteiger partial charge < -0.3 is 15.0 Å². The second-order valence-electron chi connectivity index (χ2n) is 6.92. The Labute approximate surface area is 138 Å². The highest BCUT2D eigenvalue weighted by molar-refractivity contribution is 5.69. The number of hydrogen-bond acceptors (Lipinski definition) is 5. The van der Waals surface area contributed by atoms with Crippen LogP contribution in [0.25, 0.3) is 0 Å². The molecule has 2 N–H and O–H groups in total. The van der Waals surface area contributed by atoms with Crippen molar-refractivity contribution in [1.82, 2.24) is 25.4 Å². The molecule has 0 radical (unpaired) electrons. The van der Waals surface area contributed by atoms with Gasteiger partial charge in [0.1, 0.15) is 11.4 Å². The van der Waals surface area contributed by atoms with Gasteiger partial charge in [-0.05, 0) is 27.7 Å². The van der Waals surface area contributed by atoms with Crippen molar-refractivity contribution in [2.45, 2.75) is 45.5 Å². The summed E-state index contributed by atoms with van der Waals surface area (Å²) in [5.74, 6) is -0.818. The molecule has 7 nitrogen and oxygen atoms in total. The molecule has 1 aliphatic heterocycles. The molecule has 0 spiro atoms. The molecule has 1 aliphatic rings. The number of likely N-dealkylation sites (tertiary alicyclic amines) is 1. The standard InChI is InChI=1S/C14H22F3N5O2/c1-8(10-19-11(21-20-10)14(15,16)17)18-5-9-6-22(7-9)12(23)24-13(2,3)4/h8-9,18H,5-7H2,1-4H3,(H,19,20,21). The van der Waals surface area contributed by atoms with E-state index in [1.807, 2.05) is 0 Å². The summed E-state index contributed by atoms with van der Waals surface area (Å²) in [5.41, 5.74) is -0.530. The van der Waals surface area contributed by atoms with Gasteiger partial charge in [-0.2, -0.15) is 13.2 Å². The Morgan fingerprint density at radius 2 is 2.04 bits per heavy atom. The zero-order chi connectivity index (χ0) is 18.1. The van der Waals surface area contributed by atoms with Crippen LogP contribution in [0.15, 0.2) is 0 Å². The van der Waals surface area contributed by atoms with E-state index in [0.29, 0.717) is 19.6 Å². The van der Waals surface area contributed by atoms with Crippen molar-refractivity contribution in [3.05, 3.63) is 11.6 Å². The van der Waals surface area contributed by atoms with E-state index in [1.54, 1.807) is 32.6 Å². The van der Waals surface area contributed by atoms with Gasteiger partial charge in [0, 0.05) is 25.6 Å². The number of aromatic nitrogens is 3. The number of carbonyl (C=O) groups is 1. The normalized spacial score (nSPS) is 17.5. The van der Waals surface area contributed by atoms with E-state index in [1.165, 1.54) is 0 Å². The maximum Gasteiger partial charge on any atom is 0.453 e. The van der Waals surface area contributed by atoms with Crippen LogP contribution in [0.3, 0.4) is 0 Å². The fraction of sp³-hybridized carbons (Fsp3) is 0.786. The van der Waals surface area contributed by atoms with Crippen LogP contribution in [0.4, 0.5) is 18.0 Å². The third-order valence-corrected chi connectivity index (χ3v) is 3.49. The number of aromatic amines is 1. The molecule has 10 heteroatoms. The van der Waals surface area contributed by atoms with Gasteiger partial charge in [0.25, 0.3) is 5.82 Å². The number of halogens is 3. The summed E-state index contributed by atoms with van der Waals surface area (Å²) in [5, 5.41) is 8.56. The predicted octanol–water partition coefficient (Wildman–Crippen LogP) is 2.34. The second kappa shape index (κ2) is 6.58. The Bertz CT molecular complexity index is 576. The van der Waals surface area contributed by atoms with Gasteiger partial charge in [-0.15, -0.1) is 5.10 Å². The quantitative estimate of drug-likeness (QED) is 0.872. The van der Waals surface area contributed by atoms with Crippen LogP contribution in [-0.4, -0.2) is 51.4 Å². The van der Waals surface area contributed by atoms with E-state index in [2.05, 4.69) is 20.5 Å². The second-order valence-corrected chi connectivity index (χ2v) is 6.92. The molecule has 1 atom stereocenters. The molecule has 2 rings (SSSR count). The van der Waals surface area contributed by atoms with E-state index in [0.717, 1.165) is 0 Å². The Hall–Kier alpha value is -1.84. The maximum atomic E-state index is 12.5. The largest absolute Gasteiger partial charge is 0.453 e. The van der Waals surface area contributed by atoms with Gasteiger partial charge in [0.05, 0.1) is 6.04 Å². The Balaban J connectivity index is 1.74. The van der Waals surface area contributed by atoms with Gasteiger partial charge in [-0.1, -0.05) is 0 Å². The molecule has 1 unspecified atom stereocenters. The topological polar surface area (TPSA) is 83.1 Å². The first-order valence-electron chi connectivity index (χ1n) is 7.66.